The minimum atomic E-state index is 0.800. The summed E-state index contributed by atoms with van der Waals surface area (Å²) in [6.07, 6.45) is 8.38. The first-order chi connectivity index (χ1) is 8.28. The third-order valence-electron chi connectivity index (χ3n) is 5.57. The number of piperidine rings is 2. The highest BCUT2D eigenvalue weighted by molar-refractivity contribution is 4.97. The second kappa shape index (κ2) is 4.87. The van der Waals surface area contributed by atoms with Crippen LogP contribution in [0, 0.1) is 5.92 Å². The molecule has 0 aromatic heterocycles. The van der Waals surface area contributed by atoms with Gasteiger partial charge in [-0.25, -0.2) is 0 Å². The normalized spacial score (nSPS) is 40.9. The molecule has 0 saturated carbocycles. The van der Waals surface area contributed by atoms with E-state index in [9.17, 15) is 0 Å². The minimum absolute atomic E-state index is 0.800. The van der Waals surface area contributed by atoms with E-state index in [4.69, 9.17) is 5.73 Å². The maximum atomic E-state index is 5.77. The van der Waals surface area contributed by atoms with Crippen LogP contribution in [-0.4, -0.2) is 54.6 Å². The Morgan fingerprint density at radius 1 is 0.941 bits per heavy atom. The molecule has 0 amide bonds. The van der Waals surface area contributed by atoms with E-state index in [0.717, 1.165) is 30.6 Å². The van der Waals surface area contributed by atoms with Crippen LogP contribution in [0.5, 0.6) is 0 Å². The number of likely N-dealkylation sites (tertiary alicyclic amines) is 1. The summed E-state index contributed by atoms with van der Waals surface area (Å²) < 4.78 is 0. The zero-order valence-electron chi connectivity index (χ0n) is 11.1. The van der Waals surface area contributed by atoms with Gasteiger partial charge in [-0.15, -0.1) is 0 Å². The topological polar surface area (TPSA) is 32.5 Å². The summed E-state index contributed by atoms with van der Waals surface area (Å²) in [7, 11) is 2.33. The molecule has 3 saturated heterocycles. The molecule has 0 aliphatic carbocycles. The Morgan fingerprint density at radius 3 is 2.06 bits per heavy atom. The molecule has 2 N–H and O–H groups in total. The molecular formula is C14H27N3. The molecule has 3 nitrogen and oxygen atoms in total. The van der Waals surface area contributed by atoms with Gasteiger partial charge in [0.2, 0.25) is 0 Å². The van der Waals surface area contributed by atoms with Crippen LogP contribution in [0.15, 0.2) is 0 Å². The van der Waals surface area contributed by atoms with Gasteiger partial charge in [0.25, 0.3) is 0 Å². The third kappa shape index (κ3) is 2.25. The minimum Gasteiger partial charge on any atom is -0.330 e. The van der Waals surface area contributed by atoms with Crippen molar-refractivity contribution in [3.63, 3.8) is 0 Å². The number of hydrogen-bond acceptors (Lipinski definition) is 3. The van der Waals surface area contributed by atoms with E-state index in [2.05, 4.69) is 16.8 Å². The van der Waals surface area contributed by atoms with E-state index in [-0.39, 0.29) is 0 Å². The number of hydrogen-bond donors (Lipinski definition) is 1. The van der Waals surface area contributed by atoms with Crippen molar-refractivity contribution in [2.45, 2.75) is 56.7 Å². The highest BCUT2D eigenvalue weighted by atomic mass is 15.2. The van der Waals surface area contributed by atoms with Crippen LogP contribution in [0.2, 0.25) is 0 Å². The van der Waals surface area contributed by atoms with Gasteiger partial charge in [-0.2, -0.15) is 0 Å². The molecule has 3 heterocycles. The van der Waals surface area contributed by atoms with E-state index >= 15 is 0 Å². The van der Waals surface area contributed by atoms with Crippen LogP contribution in [0.3, 0.4) is 0 Å². The summed E-state index contributed by atoms with van der Waals surface area (Å²) >= 11 is 0. The molecule has 2 atom stereocenters. The van der Waals surface area contributed by atoms with Gasteiger partial charge in [-0.05, 0) is 71.1 Å². The summed E-state index contributed by atoms with van der Waals surface area (Å²) in [5.74, 6) is 0.800. The fraction of sp³-hybridized carbons (Fsp3) is 1.00. The average molecular weight is 237 g/mol. The lowest BCUT2D eigenvalue weighted by atomic mass is 9.91. The van der Waals surface area contributed by atoms with Crippen LogP contribution < -0.4 is 5.73 Å². The molecule has 0 radical (unpaired) electrons. The Morgan fingerprint density at radius 2 is 1.53 bits per heavy atom. The van der Waals surface area contributed by atoms with Gasteiger partial charge < -0.3 is 15.5 Å². The lowest BCUT2D eigenvalue weighted by Crippen LogP contribution is -2.51. The number of nitrogens with zero attached hydrogens (tertiary/aromatic N) is 2. The van der Waals surface area contributed by atoms with Crippen molar-refractivity contribution in [3.05, 3.63) is 0 Å². The van der Waals surface area contributed by atoms with Crippen molar-refractivity contribution in [2.75, 3.05) is 26.7 Å². The van der Waals surface area contributed by atoms with Gasteiger partial charge >= 0.3 is 0 Å². The Balaban J connectivity index is 1.56. The van der Waals surface area contributed by atoms with Crippen LogP contribution in [0.25, 0.3) is 0 Å². The number of fused-ring (bicyclic) bond motifs is 2. The molecule has 3 fully saturated rings. The largest absolute Gasteiger partial charge is 0.330 e. The molecule has 0 aromatic rings. The first kappa shape index (κ1) is 11.9. The number of nitrogens with two attached hydrogens (primary N) is 1. The Hall–Kier alpha value is -0.120. The van der Waals surface area contributed by atoms with E-state index < -0.39 is 0 Å². The van der Waals surface area contributed by atoms with Gasteiger partial charge in [-0.1, -0.05) is 0 Å². The Bertz CT molecular complexity index is 246. The van der Waals surface area contributed by atoms with Crippen LogP contribution in [-0.2, 0) is 0 Å². The maximum Gasteiger partial charge on any atom is 0.0125 e. The Labute approximate surface area is 105 Å². The molecule has 2 unspecified atom stereocenters. The van der Waals surface area contributed by atoms with Crippen LogP contribution >= 0.6 is 0 Å². The maximum absolute atomic E-state index is 5.77. The fourth-order valence-corrected chi connectivity index (χ4v) is 4.23. The van der Waals surface area contributed by atoms with E-state index in [1.54, 1.807) is 0 Å². The standard InChI is InChI=1S/C14H27N3/c1-16-12-2-3-13(16)9-14(8-12)17-6-4-11(10-15)5-7-17/h11-14H,2-10,15H2,1H3. The van der Waals surface area contributed by atoms with Crippen molar-refractivity contribution >= 4 is 0 Å². The molecule has 17 heavy (non-hydrogen) atoms. The molecular weight excluding hydrogens is 210 g/mol. The molecule has 3 aliphatic heterocycles. The van der Waals surface area contributed by atoms with Gasteiger partial charge in [0.15, 0.2) is 0 Å². The first-order valence-corrected chi connectivity index (χ1v) is 7.44. The van der Waals surface area contributed by atoms with Crippen molar-refractivity contribution in [3.8, 4) is 0 Å². The first-order valence-electron chi connectivity index (χ1n) is 7.44. The van der Waals surface area contributed by atoms with E-state index in [1.807, 2.05) is 0 Å². The van der Waals surface area contributed by atoms with Gasteiger partial charge in [0.1, 0.15) is 0 Å². The highest BCUT2D eigenvalue weighted by Crippen LogP contribution is 2.37. The molecule has 98 valence electrons. The summed E-state index contributed by atoms with van der Waals surface area (Å²) in [6, 6.07) is 2.64. The number of rotatable bonds is 2. The average Bonchev–Trinajstić information content (AvgIpc) is 2.61. The fourth-order valence-electron chi connectivity index (χ4n) is 4.23. The molecule has 3 aliphatic rings. The lowest BCUT2D eigenvalue weighted by Gasteiger charge is -2.44. The predicted octanol–water partition coefficient (Wildman–Crippen LogP) is 1.28. The zero-order valence-corrected chi connectivity index (χ0v) is 11.1. The summed E-state index contributed by atoms with van der Waals surface area (Å²) in [5.41, 5.74) is 5.77. The summed E-state index contributed by atoms with van der Waals surface area (Å²) in [4.78, 5) is 5.41. The second-order valence-corrected chi connectivity index (χ2v) is 6.39. The smallest absolute Gasteiger partial charge is 0.0125 e. The molecule has 3 heteroatoms. The van der Waals surface area contributed by atoms with Crippen molar-refractivity contribution in [1.82, 2.24) is 9.80 Å². The van der Waals surface area contributed by atoms with Crippen molar-refractivity contribution in [1.29, 1.82) is 0 Å². The molecule has 0 aromatic carbocycles. The van der Waals surface area contributed by atoms with E-state index in [1.165, 1.54) is 51.6 Å². The van der Waals surface area contributed by atoms with Gasteiger partial charge in [0.05, 0.1) is 0 Å². The van der Waals surface area contributed by atoms with Crippen LogP contribution in [0.4, 0.5) is 0 Å². The quantitative estimate of drug-likeness (QED) is 0.785. The van der Waals surface area contributed by atoms with Gasteiger partial charge in [0, 0.05) is 18.1 Å². The lowest BCUT2D eigenvalue weighted by molar-refractivity contribution is 0.0540. The van der Waals surface area contributed by atoms with Crippen molar-refractivity contribution < 1.29 is 0 Å². The summed E-state index contributed by atoms with van der Waals surface area (Å²) in [5, 5.41) is 0. The highest BCUT2D eigenvalue weighted by Gasteiger charge is 2.40. The summed E-state index contributed by atoms with van der Waals surface area (Å²) in [6.45, 7) is 3.50. The van der Waals surface area contributed by atoms with E-state index in [0.29, 0.717) is 0 Å². The monoisotopic (exact) mass is 237 g/mol. The zero-order chi connectivity index (χ0) is 11.8. The second-order valence-electron chi connectivity index (χ2n) is 6.39. The SMILES string of the molecule is CN1C2CCC1CC(N1CCC(CN)CC1)C2. The van der Waals surface area contributed by atoms with Crippen molar-refractivity contribution in [2.24, 2.45) is 11.7 Å². The van der Waals surface area contributed by atoms with Crippen LogP contribution in [0.1, 0.15) is 38.5 Å². The predicted molar refractivity (Wildman–Crippen MR) is 70.9 cm³/mol. The Kier molecular flexibility index (Phi) is 3.42. The molecule has 0 spiro atoms. The third-order valence-corrected chi connectivity index (χ3v) is 5.57. The molecule has 2 bridgehead atoms. The molecule has 3 rings (SSSR count). The van der Waals surface area contributed by atoms with Gasteiger partial charge in [-0.3, -0.25) is 0 Å².